The number of amides is 2. The molecule has 5 rings (SSSR count). The number of aromatic nitrogens is 1. The second kappa shape index (κ2) is 8.77. The smallest absolute Gasteiger partial charge is 0.318 e. The van der Waals surface area contributed by atoms with Crippen LogP contribution in [-0.4, -0.2) is 42.7 Å². The largest absolute Gasteiger partial charge is 0.497 e. The molecule has 1 aromatic heterocycles. The summed E-state index contributed by atoms with van der Waals surface area (Å²) in [5.74, 6) is 1.63. The van der Waals surface area contributed by atoms with Crippen molar-refractivity contribution in [1.29, 1.82) is 0 Å². The summed E-state index contributed by atoms with van der Waals surface area (Å²) in [5, 5.41) is 4.49. The van der Waals surface area contributed by atoms with Crippen LogP contribution in [0.1, 0.15) is 55.0 Å². The number of aromatic amines is 1. The van der Waals surface area contributed by atoms with Crippen LogP contribution in [0, 0.1) is 0 Å². The predicted octanol–water partition coefficient (Wildman–Crippen LogP) is 5.17. The molecule has 2 heterocycles. The lowest BCUT2D eigenvalue weighted by atomic mass is 9.92. The maximum Gasteiger partial charge on any atom is 0.318 e. The number of rotatable bonds is 4. The number of carbonyl (C=O) groups is 1. The molecular formula is C26H31N3O3. The molecule has 1 fully saturated rings. The minimum Gasteiger partial charge on any atom is -0.497 e. The highest BCUT2D eigenvalue weighted by atomic mass is 16.5. The second-order valence-corrected chi connectivity index (χ2v) is 8.84. The highest BCUT2D eigenvalue weighted by Crippen LogP contribution is 2.40. The van der Waals surface area contributed by atoms with E-state index in [9.17, 15) is 4.79 Å². The highest BCUT2D eigenvalue weighted by molar-refractivity contribution is 5.87. The molecule has 1 aliphatic heterocycles. The van der Waals surface area contributed by atoms with Crippen molar-refractivity contribution in [2.75, 3.05) is 20.8 Å². The van der Waals surface area contributed by atoms with Crippen molar-refractivity contribution in [2.24, 2.45) is 0 Å². The molecule has 6 heteroatoms. The Labute approximate surface area is 188 Å². The first-order valence-corrected chi connectivity index (χ1v) is 11.6. The van der Waals surface area contributed by atoms with E-state index in [1.807, 2.05) is 29.2 Å². The normalized spacial score (nSPS) is 18.9. The number of nitrogens with one attached hydrogen (secondary N) is 2. The van der Waals surface area contributed by atoms with Gasteiger partial charge in [0.15, 0.2) is 0 Å². The number of methoxy groups -OCH3 is 2. The molecule has 0 radical (unpaired) electrons. The Balaban J connectivity index is 1.56. The molecule has 2 N–H and O–H groups in total. The zero-order chi connectivity index (χ0) is 22.1. The molecule has 0 saturated heterocycles. The third kappa shape index (κ3) is 3.78. The lowest BCUT2D eigenvalue weighted by Gasteiger charge is -2.37. The third-order valence-electron chi connectivity index (χ3n) is 6.94. The first-order valence-electron chi connectivity index (χ1n) is 11.6. The van der Waals surface area contributed by atoms with E-state index < -0.39 is 0 Å². The number of ether oxygens (including phenoxy) is 2. The lowest BCUT2D eigenvalue weighted by Crippen LogP contribution is -2.49. The summed E-state index contributed by atoms with van der Waals surface area (Å²) in [4.78, 5) is 19.1. The zero-order valence-corrected chi connectivity index (χ0v) is 18.8. The second-order valence-electron chi connectivity index (χ2n) is 8.84. The number of hydrogen-bond acceptors (Lipinski definition) is 3. The molecule has 168 valence electrons. The van der Waals surface area contributed by atoms with E-state index in [4.69, 9.17) is 9.47 Å². The van der Waals surface area contributed by atoms with Crippen LogP contribution in [0.2, 0.25) is 0 Å². The van der Waals surface area contributed by atoms with Gasteiger partial charge in [0, 0.05) is 29.2 Å². The van der Waals surface area contributed by atoms with Gasteiger partial charge in [-0.15, -0.1) is 0 Å². The summed E-state index contributed by atoms with van der Waals surface area (Å²) < 4.78 is 11.0. The topological polar surface area (TPSA) is 66.6 Å². The van der Waals surface area contributed by atoms with Gasteiger partial charge in [-0.05, 0) is 60.7 Å². The maximum absolute atomic E-state index is 13.5. The maximum atomic E-state index is 13.5. The van der Waals surface area contributed by atoms with E-state index in [1.54, 1.807) is 14.2 Å². The van der Waals surface area contributed by atoms with Crippen molar-refractivity contribution in [1.82, 2.24) is 15.2 Å². The predicted molar refractivity (Wildman–Crippen MR) is 126 cm³/mol. The molecule has 3 aromatic rings. The van der Waals surface area contributed by atoms with Gasteiger partial charge < -0.3 is 24.7 Å². The van der Waals surface area contributed by atoms with Crippen LogP contribution < -0.4 is 14.8 Å². The molecular weight excluding hydrogens is 402 g/mol. The Hall–Kier alpha value is -3.15. The van der Waals surface area contributed by atoms with Gasteiger partial charge in [0.2, 0.25) is 0 Å². The summed E-state index contributed by atoms with van der Waals surface area (Å²) in [6.45, 7) is 0.664. The molecule has 0 spiro atoms. The minimum absolute atomic E-state index is 0.0200. The SMILES string of the molecule is COc1cccc([C@@H]2c3[nH]c4ccc(OC)cc4c3CCN2C(=O)NC2CCCCC2)c1. The van der Waals surface area contributed by atoms with Crippen molar-refractivity contribution >= 4 is 16.9 Å². The van der Waals surface area contributed by atoms with Gasteiger partial charge in [0.05, 0.1) is 20.3 Å². The van der Waals surface area contributed by atoms with Gasteiger partial charge in [-0.25, -0.2) is 4.79 Å². The van der Waals surface area contributed by atoms with Crippen molar-refractivity contribution in [3.8, 4) is 11.5 Å². The van der Waals surface area contributed by atoms with Crippen molar-refractivity contribution in [3.05, 3.63) is 59.3 Å². The van der Waals surface area contributed by atoms with Gasteiger partial charge in [0.1, 0.15) is 11.5 Å². The Bertz CT molecular complexity index is 1120. The summed E-state index contributed by atoms with van der Waals surface area (Å²) in [6.07, 6.45) is 6.60. The minimum atomic E-state index is -0.198. The van der Waals surface area contributed by atoms with Gasteiger partial charge >= 0.3 is 6.03 Å². The molecule has 2 amide bonds. The molecule has 2 aromatic carbocycles. The Kier molecular flexibility index (Phi) is 5.68. The Morgan fingerprint density at radius 1 is 1.03 bits per heavy atom. The number of nitrogens with zero attached hydrogens (tertiary/aromatic N) is 1. The van der Waals surface area contributed by atoms with Crippen molar-refractivity contribution in [2.45, 2.75) is 50.6 Å². The molecule has 0 bridgehead atoms. The number of carbonyl (C=O) groups excluding carboxylic acids is 1. The summed E-state index contributed by atoms with van der Waals surface area (Å²) in [5.41, 5.74) is 4.45. The third-order valence-corrected chi connectivity index (χ3v) is 6.94. The van der Waals surface area contributed by atoms with Gasteiger partial charge in [-0.3, -0.25) is 0 Å². The van der Waals surface area contributed by atoms with E-state index >= 15 is 0 Å². The van der Waals surface area contributed by atoms with E-state index in [0.717, 1.165) is 47.5 Å². The van der Waals surface area contributed by atoms with Gasteiger partial charge in [0.25, 0.3) is 0 Å². The van der Waals surface area contributed by atoms with Crippen LogP contribution >= 0.6 is 0 Å². The van der Waals surface area contributed by atoms with Crippen LogP contribution in [0.5, 0.6) is 11.5 Å². The summed E-state index contributed by atoms with van der Waals surface area (Å²) in [7, 11) is 3.37. The Morgan fingerprint density at radius 2 is 1.81 bits per heavy atom. The van der Waals surface area contributed by atoms with Crippen LogP contribution in [0.4, 0.5) is 4.79 Å². The fourth-order valence-electron chi connectivity index (χ4n) is 5.28. The molecule has 1 aliphatic carbocycles. The van der Waals surface area contributed by atoms with Gasteiger partial charge in [-0.2, -0.15) is 0 Å². The molecule has 0 unspecified atom stereocenters. The average molecular weight is 434 g/mol. The molecule has 32 heavy (non-hydrogen) atoms. The molecule has 1 atom stereocenters. The summed E-state index contributed by atoms with van der Waals surface area (Å²) >= 11 is 0. The first-order chi connectivity index (χ1) is 15.7. The van der Waals surface area contributed by atoms with Crippen LogP contribution in [-0.2, 0) is 6.42 Å². The van der Waals surface area contributed by atoms with Crippen LogP contribution in [0.25, 0.3) is 10.9 Å². The van der Waals surface area contributed by atoms with Gasteiger partial charge in [-0.1, -0.05) is 31.4 Å². The Morgan fingerprint density at radius 3 is 2.59 bits per heavy atom. The summed E-state index contributed by atoms with van der Waals surface area (Å²) in [6, 6.07) is 14.3. The monoisotopic (exact) mass is 433 g/mol. The van der Waals surface area contributed by atoms with E-state index in [2.05, 4.69) is 28.5 Å². The van der Waals surface area contributed by atoms with Crippen molar-refractivity contribution < 1.29 is 14.3 Å². The number of fused-ring (bicyclic) bond motifs is 3. The van der Waals surface area contributed by atoms with E-state index in [1.165, 1.54) is 30.2 Å². The number of hydrogen-bond donors (Lipinski definition) is 2. The molecule has 6 nitrogen and oxygen atoms in total. The number of H-pyrrole nitrogens is 1. The van der Waals surface area contributed by atoms with Crippen molar-refractivity contribution in [3.63, 3.8) is 0 Å². The standard InChI is InChI=1S/C26H31N3O3/c1-31-19-10-6-7-17(15-19)25-24-21(22-16-20(32-2)11-12-23(22)28-24)13-14-29(25)26(30)27-18-8-4-3-5-9-18/h6-7,10-12,15-16,18,25,28H,3-5,8-9,13-14H2,1-2H3,(H,27,30)/t25-/m1/s1. The average Bonchev–Trinajstić information content (AvgIpc) is 3.21. The quantitative estimate of drug-likeness (QED) is 0.596. The van der Waals surface area contributed by atoms with Crippen LogP contribution in [0.3, 0.4) is 0 Å². The van der Waals surface area contributed by atoms with E-state index in [-0.39, 0.29) is 18.1 Å². The zero-order valence-electron chi connectivity index (χ0n) is 18.8. The molecule has 2 aliphatic rings. The van der Waals surface area contributed by atoms with Crippen LogP contribution in [0.15, 0.2) is 42.5 Å². The molecule has 1 saturated carbocycles. The highest BCUT2D eigenvalue weighted by Gasteiger charge is 2.35. The number of benzene rings is 2. The fourth-order valence-corrected chi connectivity index (χ4v) is 5.28. The first kappa shape index (κ1) is 20.7. The lowest BCUT2D eigenvalue weighted by molar-refractivity contribution is 0.172. The fraction of sp³-hybridized carbons (Fsp3) is 0.423. The van der Waals surface area contributed by atoms with E-state index in [0.29, 0.717) is 6.54 Å². The number of urea groups is 1.